The van der Waals surface area contributed by atoms with E-state index in [9.17, 15) is 9.59 Å². The summed E-state index contributed by atoms with van der Waals surface area (Å²) in [5, 5.41) is 4.01. The first-order valence-electron chi connectivity index (χ1n) is 12.5. The molecule has 8 heteroatoms. The minimum absolute atomic E-state index is 0.0257. The van der Waals surface area contributed by atoms with E-state index in [1.165, 1.54) is 0 Å². The highest BCUT2D eigenvalue weighted by Crippen LogP contribution is 2.48. The van der Waals surface area contributed by atoms with Crippen LogP contribution in [0.4, 0.5) is 0 Å². The molecule has 2 aliphatic heterocycles. The van der Waals surface area contributed by atoms with Gasteiger partial charge in [0.2, 0.25) is 6.79 Å². The molecule has 2 atom stereocenters. The summed E-state index contributed by atoms with van der Waals surface area (Å²) in [5.74, 6) is 0.0700. The van der Waals surface area contributed by atoms with E-state index in [-0.39, 0.29) is 31.2 Å². The molecule has 2 aromatic rings. The van der Waals surface area contributed by atoms with Crippen LogP contribution in [-0.4, -0.2) is 37.9 Å². The summed E-state index contributed by atoms with van der Waals surface area (Å²) in [5.41, 5.74) is 4.17. The predicted octanol–water partition coefficient (Wildman–Crippen LogP) is 5.40. The Bertz CT molecular complexity index is 1300. The van der Waals surface area contributed by atoms with Crippen LogP contribution in [0.1, 0.15) is 56.6 Å². The van der Waals surface area contributed by atoms with Crippen molar-refractivity contribution >= 4 is 23.4 Å². The van der Waals surface area contributed by atoms with Gasteiger partial charge in [-0.3, -0.25) is 4.79 Å². The Morgan fingerprint density at radius 3 is 2.68 bits per heavy atom. The normalized spacial score (nSPS) is 20.7. The van der Waals surface area contributed by atoms with Gasteiger partial charge in [-0.25, -0.2) is 4.79 Å². The molecule has 0 saturated heterocycles. The molecule has 0 aromatic heterocycles. The second kappa shape index (κ2) is 10.6. The highest BCUT2D eigenvalue weighted by atomic mass is 35.5. The van der Waals surface area contributed by atoms with Gasteiger partial charge in [0.25, 0.3) is 0 Å². The van der Waals surface area contributed by atoms with E-state index in [1.54, 1.807) is 0 Å². The summed E-state index contributed by atoms with van der Waals surface area (Å²) >= 11 is 6.48. The average molecular weight is 524 g/mol. The van der Waals surface area contributed by atoms with Crippen molar-refractivity contribution in [2.45, 2.75) is 51.6 Å². The Labute approximate surface area is 221 Å². The zero-order valence-electron chi connectivity index (χ0n) is 21.1. The fourth-order valence-corrected chi connectivity index (χ4v) is 5.55. The molecule has 3 aliphatic rings. The third-order valence-electron chi connectivity index (χ3n) is 6.89. The molecule has 194 valence electrons. The number of esters is 1. The molecule has 1 aliphatic carbocycles. The Morgan fingerprint density at radius 2 is 1.89 bits per heavy atom. The third-order valence-corrected chi connectivity index (χ3v) is 7.23. The first-order valence-corrected chi connectivity index (χ1v) is 12.9. The quantitative estimate of drug-likeness (QED) is 0.384. The van der Waals surface area contributed by atoms with Crippen LogP contribution >= 0.6 is 11.6 Å². The van der Waals surface area contributed by atoms with Gasteiger partial charge < -0.3 is 24.3 Å². The maximum Gasteiger partial charge on any atom is 0.336 e. The number of allylic oxidation sites excluding steroid dienone is 3. The number of Topliss-reactive ketones (excluding diaryl/α,β-unsaturated/α-hetero) is 1. The highest BCUT2D eigenvalue weighted by molar-refractivity contribution is 6.31. The molecule has 0 spiro atoms. The molecule has 0 unspecified atom stereocenters. The minimum atomic E-state index is -0.594. The van der Waals surface area contributed by atoms with Crippen molar-refractivity contribution in [1.29, 1.82) is 0 Å². The number of benzene rings is 2. The Hall–Kier alpha value is -3.29. The maximum absolute atomic E-state index is 13.8. The number of fused-ring (bicyclic) bond motifs is 1. The largest absolute Gasteiger partial charge is 0.460 e. The lowest BCUT2D eigenvalue weighted by Gasteiger charge is -2.37. The molecular formula is C29H30ClNO6. The van der Waals surface area contributed by atoms with Crippen LogP contribution in [0.15, 0.2) is 65.0 Å². The van der Waals surface area contributed by atoms with E-state index in [1.807, 2.05) is 63.2 Å². The van der Waals surface area contributed by atoms with Gasteiger partial charge in [0, 0.05) is 34.3 Å². The van der Waals surface area contributed by atoms with E-state index in [2.05, 4.69) is 5.32 Å². The molecule has 0 radical (unpaired) electrons. The number of carbonyl (C=O) groups is 2. The van der Waals surface area contributed by atoms with Crippen molar-refractivity contribution in [3.8, 4) is 11.5 Å². The van der Waals surface area contributed by atoms with E-state index in [0.717, 1.165) is 16.8 Å². The fraction of sp³-hybridized carbons (Fsp3) is 0.379. The molecule has 0 saturated carbocycles. The van der Waals surface area contributed by atoms with Crippen molar-refractivity contribution in [2.75, 3.05) is 20.0 Å². The van der Waals surface area contributed by atoms with E-state index < -0.39 is 11.9 Å². The van der Waals surface area contributed by atoms with Gasteiger partial charge in [0.05, 0.1) is 18.3 Å². The number of ether oxygens (including phenoxy) is 4. The second-order valence-electron chi connectivity index (χ2n) is 9.71. The summed E-state index contributed by atoms with van der Waals surface area (Å²) in [4.78, 5) is 27.2. The summed E-state index contributed by atoms with van der Waals surface area (Å²) in [7, 11) is 0. The van der Waals surface area contributed by atoms with Crippen molar-refractivity contribution in [1.82, 2.24) is 5.32 Å². The molecule has 0 fully saturated rings. The number of rotatable bonds is 7. The average Bonchev–Trinajstić information content (AvgIpc) is 3.33. The monoisotopic (exact) mass is 523 g/mol. The maximum atomic E-state index is 13.8. The molecule has 1 N–H and O–H groups in total. The standard InChI is InChI=1S/C29H30ClNO6/c1-16(2)34-10-11-35-29(33)26-17(3)31-22-12-19(20-6-4-5-7-21(20)30)13-23(32)28(22)27(26)18-8-9-24-25(14-18)37-15-36-24/h4-9,14,16,19,27,31H,10-13,15H2,1-3H3/t19-,27+/m0/s1. The number of nitrogens with one attached hydrogen (secondary N) is 1. The summed E-state index contributed by atoms with van der Waals surface area (Å²) in [6.07, 6.45) is 0.943. The predicted molar refractivity (Wildman–Crippen MR) is 139 cm³/mol. The number of dihydropyridines is 1. The molecule has 7 nitrogen and oxygen atoms in total. The van der Waals surface area contributed by atoms with Gasteiger partial charge in [-0.15, -0.1) is 0 Å². The topological polar surface area (TPSA) is 83.1 Å². The van der Waals surface area contributed by atoms with Gasteiger partial charge in [-0.1, -0.05) is 35.9 Å². The SMILES string of the molecule is CC1=C(C(=O)OCCOC(C)C)[C@@H](c2ccc3c(c2)OCO3)C2=C(C[C@H](c3ccccc3Cl)CC2=O)N1. The Morgan fingerprint density at radius 1 is 1.11 bits per heavy atom. The molecule has 2 heterocycles. The summed E-state index contributed by atoms with van der Waals surface area (Å²) in [6.45, 7) is 6.24. The van der Waals surface area contributed by atoms with Gasteiger partial charge in [0.15, 0.2) is 17.3 Å². The highest BCUT2D eigenvalue weighted by Gasteiger charge is 2.42. The molecular weight excluding hydrogens is 494 g/mol. The van der Waals surface area contributed by atoms with Crippen molar-refractivity contribution < 1.29 is 28.5 Å². The Balaban J connectivity index is 1.51. The lowest BCUT2D eigenvalue weighted by Crippen LogP contribution is -2.36. The number of hydrogen-bond acceptors (Lipinski definition) is 7. The number of carbonyl (C=O) groups excluding carboxylic acids is 2. The number of hydrogen-bond donors (Lipinski definition) is 1. The van der Waals surface area contributed by atoms with E-state index in [0.29, 0.717) is 52.8 Å². The van der Waals surface area contributed by atoms with Gasteiger partial charge in [-0.2, -0.15) is 0 Å². The first kappa shape index (κ1) is 25.4. The molecule has 5 rings (SSSR count). The van der Waals surface area contributed by atoms with Crippen LogP contribution in [0.25, 0.3) is 0 Å². The van der Waals surface area contributed by atoms with Crippen molar-refractivity contribution in [3.05, 3.63) is 81.2 Å². The zero-order valence-corrected chi connectivity index (χ0v) is 21.9. The lowest BCUT2D eigenvalue weighted by molar-refractivity contribution is -0.141. The third kappa shape index (κ3) is 5.11. The van der Waals surface area contributed by atoms with Gasteiger partial charge in [0.1, 0.15) is 6.61 Å². The van der Waals surface area contributed by atoms with E-state index in [4.69, 9.17) is 30.5 Å². The molecule has 0 amide bonds. The van der Waals surface area contributed by atoms with E-state index >= 15 is 0 Å². The van der Waals surface area contributed by atoms with Crippen LogP contribution in [0.2, 0.25) is 5.02 Å². The lowest BCUT2D eigenvalue weighted by atomic mass is 9.71. The molecule has 0 bridgehead atoms. The summed E-state index contributed by atoms with van der Waals surface area (Å²) in [6, 6.07) is 13.2. The van der Waals surface area contributed by atoms with Crippen LogP contribution in [-0.2, 0) is 19.1 Å². The van der Waals surface area contributed by atoms with Crippen LogP contribution < -0.4 is 14.8 Å². The minimum Gasteiger partial charge on any atom is -0.460 e. The summed E-state index contributed by atoms with van der Waals surface area (Å²) < 4.78 is 22.2. The van der Waals surface area contributed by atoms with Crippen LogP contribution in [0.3, 0.4) is 0 Å². The Kier molecular flexibility index (Phi) is 7.26. The van der Waals surface area contributed by atoms with Crippen LogP contribution in [0, 0.1) is 0 Å². The number of halogens is 1. The number of ketones is 1. The molecule has 2 aromatic carbocycles. The first-order chi connectivity index (χ1) is 17.8. The van der Waals surface area contributed by atoms with Gasteiger partial charge in [-0.05, 0) is 62.4 Å². The van der Waals surface area contributed by atoms with Crippen LogP contribution in [0.5, 0.6) is 11.5 Å². The van der Waals surface area contributed by atoms with Crippen molar-refractivity contribution in [2.24, 2.45) is 0 Å². The van der Waals surface area contributed by atoms with Crippen molar-refractivity contribution in [3.63, 3.8) is 0 Å². The zero-order chi connectivity index (χ0) is 26.1. The smallest absolute Gasteiger partial charge is 0.336 e. The van der Waals surface area contributed by atoms with Gasteiger partial charge >= 0.3 is 5.97 Å². The molecule has 37 heavy (non-hydrogen) atoms. The second-order valence-corrected chi connectivity index (χ2v) is 10.1. The fourth-order valence-electron chi connectivity index (χ4n) is 5.26.